The van der Waals surface area contributed by atoms with E-state index in [0.717, 1.165) is 31.5 Å². The van der Waals surface area contributed by atoms with E-state index in [1.54, 1.807) is 12.1 Å². The van der Waals surface area contributed by atoms with E-state index in [1.807, 2.05) is 6.92 Å². The molecule has 3 rings (SSSR count). The highest BCUT2D eigenvalue weighted by Gasteiger charge is 2.26. The van der Waals surface area contributed by atoms with Crippen LogP contribution in [0.25, 0.3) is 0 Å². The summed E-state index contributed by atoms with van der Waals surface area (Å²) in [6.45, 7) is 8.32. The highest BCUT2D eigenvalue weighted by molar-refractivity contribution is 6.30. The summed E-state index contributed by atoms with van der Waals surface area (Å²) in [5, 5.41) is 3.59. The van der Waals surface area contributed by atoms with Gasteiger partial charge in [-0.05, 0) is 70.0 Å². The van der Waals surface area contributed by atoms with Crippen molar-refractivity contribution < 1.29 is 9.18 Å². The number of amides is 1. The molecule has 150 valence electrons. The summed E-state index contributed by atoms with van der Waals surface area (Å²) < 4.78 is 14.0. The van der Waals surface area contributed by atoms with E-state index < -0.39 is 0 Å². The van der Waals surface area contributed by atoms with Gasteiger partial charge in [0.05, 0.1) is 6.04 Å². The maximum absolute atomic E-state index is 14.0. The fourth-order valence-electron chi connectivity index (χ4n) is 3.96. The number of aryl methyl sites for hydroxylation is 2. The number of carbonyl (C=O) groups is 1. The molecule has 2 aromatic carbocycles. The molecule has 28 heavy (non-hydrogen) atoms. The van der Waals surface area contributed by atoms with Crippen molar-refractivity contribution in [1.29, 1.82) is 0 Å². The van der Waals surface area contributed by atoms with Crippen LogP contribution in [0.1, 0.15) is 48.1 Å². The highest BCUT2D eigenvalue weighted by Crippen LogP contribution is 2.24. The van der Waals surface area contributed by atoms with Crippen LogP contribution in [0.4, 0.5) is 4.39 Å². The predicted molar refractivity (Wildman–Crippen MR) is 112 cm³/mol. The van der Waals surface area contributed by atoms with E-state index in [4.69, 9.17) is 11.6 Å². The molecule has 1 aliphatic heterocycles. The van der Waals surface area contributed by atoms with Crippen LogP contribution in [-0.4, -0.2) is 23.9 Å². The molecule has 1 heterocycles. The quantitative estimate of drug-likeness (QED) is 0.746. The van der Waals surface area contributed by atoms with Crippen LogP contribution in [-0.2, 0) is 11.3 Å². The Bertz CT molecular complexity index is 846. The molecule has 0 unspecified atom stereocenters. The summed E-state index contributed by atoms with van der Waals surface area (Å²) in [5.74, 6) is -0.140. The van der Waals surface area contributed by atoms with E-state index in [9.17, 15) is 9.18 Å². The third kappa shape index (κ3) is 5.12. The monoisotopic (exact) mass is 402 g/mol. The summed E-state index contributed by atoms with van der Waals surface area (Å²) >= 11 is 5.82. The Labute approximate surface area is 171 Å². The third-order valence-electron chi connectivity index (χ3n) is 5.62. The molecular formula is C23H28ClFN2O. The van der Waals surface area contributed by atoms with E-state index >= 15 is 0 Å². The molecule has 0 aliphatic carbocycles. The largest absolute Gasteiger partial charge is 0.349 e. The molecule has 0 spiro atoms. The molecule has 1 N–H and O–H groups in total. The zero-order valence-electron chi connectivity index (χ0n) is 16.8. The molecule has 5 heteroatoms. The van der Waals surface area contributed by atoms with Gasteiger partial charge < -0.3 is 5.32 Å². The Morgan fingerprint density at radius 1 is 1.21 bits per heavy atom. The van der Waals surface area contributed by atoms with E-state index in [1.165, 1.54) is 17.2 Å². The zero-order valence-corrected chi connectivity index (χ0v) is 17.5. The second-order valence-electron chi connectivity index (χ2n) is 7.88. The van der Waals surface area contributed by atoms with Gasteiger partial charge in [0.2, 0.25) is 5.91 Å². The second-order valence-corrected chi connectivity index (χ2v) is 8.31. The van der Waals surface area contributed by atoms with Crippen LogP contribution in [0.2, 0.25) is 5.02 Å². The van der Waals surface area contributed by atoms with Crippen LogP contribution in [0.15, 0.2) is 36.4 Å². The number of likely N-dealkylation sites (tertiary alicyclic amines) is 1. The molecule has 0 aromatic heterocycles. The summed E-state index contributed by atoms with van der Waals surface area (Å²) in [6, 6.07) is 11.1. The first-order chi connectivity index (χ1) is 13.3. The molecule has 1 atom stereocenters. The van der Waals surface area contributed by atoms with Gasteiger partial charge in [0.25, 0.3) is 0 Å². The smallest absolute Gasteiger partial charge is 0.223 e. The second kappa shape index (κ2) is 9.06. The topological polar surface area (TPSA) is 32.3 Å². The van der Waals surface area contributed by atoms with Crippen molar-refractivity contribution in [2.24, 2.45) is 5.92 Å². The van der Waals surface area contributed by atoms with E-state index in [2.05, 4.69) is 42.3 Å². The van der Waals surface area contributed by atoms with Gasteiger partial charge in [-0.25, -0.2) is 4.39 Å². The molecular weight excluding hydrogens is 375 g/mol. The molecule has 1 saturated heterocycles. The van der Waals surface area contributed by atoms with Crippen molar-refractivity contribution in [1.82, 2.24) is 10.2 Å². The minimum Gasteiger partial charge on any atom is -0.349 e. The predicted octanol–water partition coefficient (Wildman–Crippen LogP) is 5.19. The first-order valence-electron chi connectivity index (χ1n) is 9.87. The first kappa shape index (κ1) is 20.8. The van der Waals surface area contributed by atoms with Gasteiger partial charge >= 0.3 is 0 Å². The number of hydrogen-bond donors (Lipinski definition) is 1. The summed E-state index contributed by atoms with van der Waals surface area (Å²) in [6.07, 6.45) is 1.58. The maximum atomic E-state index is 14.0. The lowest BCUT2D eigenvalue weighted by molar-refractivity contribution is -0.127. The molecule has 2 aromatic rings. The number of carbonyl (C=O) groups excluding carboxylic acids is 1. The van der Waals surface area contributed by atoms with Gasteiger partial charge in [0.15, 0.2) is 0 Å². The normalized spacial score (nSPS) is 16.8. The number of nitrogens with one attached hydrogen (secondary N) is 1. The molecule has 1 aliphatic rings. The summed E-state index contributed by atoms with van der Waals surface area (Å²) in [5.41, 5.74) is 4.24. The Hall–Kier alpha value is -1.91. The fraction of sp³-hybridized carbons (Fsp3) is 0.435. The van der Waals surface area contributed by atoms with Crippen molar-refractivity contribution in [3.8, 4) is 0 Å². The van der Waals surface area contributed by atoms with E-state index in [-0.39, 0.29) is 23.7 Å². The van der Waals surface area contributed by atoms with Crippen LogP contribution in [0.5, 0.6) is 0 Å². The number of halogens is 2. The molecule has 1 fully saturated rings. The van der Waals surface area contributed by atoms with Crippen LogP contribution in [0.3, 0.4) is 0 Å². The molecule has 0 radical (unpaired) electrons. The van der Waals surface area contributed by atoms with Gasteiger partial charge in [0, 0.05) is 23.0 Å². The average Bonchev–Trinajstić information content (AvgIpc) is 2.64. The Balaban J connectivity index is 1.52. The fourth-order valence-corrected chi connectivity index (χ4v) is 4.12. The Morgan fingerprint density at radius 2 is 1.93 bits per heavy atom. The number of hydrogen-bond acceptors (Lipinski definition) is 2. The van der Waals surface area contributed by atoms with Gasteiger partial charge in [0.1, 0.15) is 5.82 Å². The van der Waals surface area contributed by atoms with Gasteiger partial charge in [-0.1, -0.05) is 41.4 Å². The van der Waals surface area contributed by atoms with E-state index in [0.29, 0.717) is 17.1 Å². The lowest BCUT2D eigenvalue weighted by atomic mass is 9.94. The molecule has 1 amide bonds. The van der Waals surface area contributed by atoms with Crippen molar-refractivity contribution in [2.75, 3.05) is 13.1 Å². The van der Waals surface area contributed by atoms with Crippen molar-refractivity contribution in [2.45, 2.75) is 46.2 Å². The third-order valence-corrected chi connectivity index (χ3v) is 5.85. The van der Waals surface area contributed by atoms with Crippen LogP contribution < -0.4 is 5.32 Å². The highest BCUT2D eigenvalue weighted by atomic mass is 35.5. The van der Waals surface area contributed by atoms with Crippen molar-refractivity contribution >= 4 is 17.5 Å². The van der Waals surface area contributed by atoms with Crippen molar-refractivity contribution in [3.05, 3.63) is 69.5 Å². The lowest BCUT2D eigenvalue weighted by Gasteiger charge is -2.32. The Kier molecular flexibility index (Phi) is 6.73. The van der Waals surface area contributed by atoms with Crippen LogP contribution >= 0.6 is 11.6 Å². The number of nitrogens with zero attached hydrogens (tertiary/aromatic N) is 1. The summed E-state index contributed by atoms with van der Waals surface area (Å²) in [7, 11) is 0. The molecule has 3 nitrogen and oxygen atoms in total. The van der Waals surface area contributed by atoms with Gasteiger partial charge in [-0.2, -0.15) is 0 Å². The number of rotatable bonds is 5. The zero-order chi connectivity index (χ0) is 20.3. The minimum atomic E-state index is -0.269. The van der Waals surface area contributed by atoms with Crippen molar-refractivity contribution in [3.63, 3.8) is 0 Å². The van der Waals surface area contributed by atoms with Crippen LogP contribution in [0, 0.1) is 25.6 Å². The Morgan fingerprint density at radius 3 is 2.57 bits per heavy atom. The molecule has 0 bridgehead atoms. The van der Waals surface area contributed by atoms with Gasteiger partial charge in [-0.3, -0.25) is 9.69 Å². The average molecular weight is 403 g/mol. The first-order valence-corrected chi connectivity index (χ1v) is 10.2. The standard InChI is InChI=1S/C23H28ClFN2O/c1-15-4-7-21(16(2)12-15)17(3)26-23(28)18-8-10-27(11-9-18)14-19-5-6-20(24)13-22(19)25/h4-7,12-13,17-18H,8-11,14H2,1-3H3,(H,26,28)/t17-/m0/s1. The maximum Gasteiger partial charge on any atom is 0.223 e. The lowest BCUT2D eigenvalue weighted by Crippen LogP contribution is -2.41. The van der Waals surface area contributed by atoms with Gasteiger partial charge in [-0.15, -0.1) is 0 Å². The summed E-state index contributed by atoms with van der Waals surface area (Å²) in [4.78, 5) is 14.9. The number of benzene rings is 2. The SMILES string of the molecule is Cc1ccc([C@H](C)NC(=O)C2CCN(Cc3ccc(Cl)cc3F)CC2)c(C)c1. The molecule has 0 saturated carbocycles. The number of piperidine rings is 1. The minimum absolute atomic E-state index is 0.00528.